The van der Waals surface area contributed by atoms with E-state index < -0.39 is 16.9 Å². The summed E-state index contributed by atoms with van der Waals surface area (Å²) in [5.41, 5.74) is 0.185. The van der Waals surface area contributed by atoms with Crippen molar-refractivity contribution >= 4 is 29.1 Å². The average Bonchev–Trinajstić information content (AvgIpc) is 2.72. The molecule has 2 N–H and O–H groups in total. The Bertz CT molecular complexity index is 1380. The Morgan fingerprint density at radius 3 is 2.58 bits per heavy atom. The van der Waals surface area contributed by atoms with E-state index >= 15 is 0 Å². The number of amides is 1. The SMILES string of the molecule is Cc1c(Oc2c(Cl)cc(-n3nc(C#N)c(=O)[nH]c3=O)cc2Cl)ccc2c1CCNC2=O. The summed E-state index contributed by atoms with van der Waals surface area (Å²) in [5.74, 6) is 0.497. The lowest BCUT2D eigenvalue weighted by Crippen LogP contribution is -2.33. The molecule has 31 heavy (non-hydrogen) atoms. The van der Waals surface area contributed by atoms with Crippen molar-refractivity contribution in [2.45, 2.75) is 13.3 Å². The number of hydrogen-bond acceptors (Lipinski definition) is 6. The van der Waals surface area contributed by atoms with Crippen LogP contribution in [0.15, 0.2) is 33.9 Å². The van der Waals surface area contributed by atoms with Crippen molar-refractivity contribution in [3.63, 3.8) is 0 Å². The van der Waals surface area contributed by atoms with Crippen molar-refractivity contribution < 1.29 is 9.53 Å². The Hall–Kier alpha value is -3.61. The molecule has 2 heterocycles. The van der Waals surface area contributed by atoms with E-state index in [1.807, 2.05) is 11.9 Å². The third kappa shape index (κ3) is 3.67. The van der Waals surface area contributed by atoms with Crippen LogP contribution in [-0.4, -0.2) is 27.2 Å². The largest absolute Gasteiger partial charge is 0.454 e. The molecular weight excluding hydrogens is 445 g/mol. The van der Waals surface area contributed by atoms with Gasteiger partial charge in [0, 0.05) is 12.1 Å². The molecular formula is C20H13Cl2N5O4. The fourth-order valence-electron chi connectivity index (χ4n) is 3.30. The first-order valence-electron chi connectivity index (χ1n) is 9.02. The first-order valence-corrected chi connectivity index (χ1v) is 9.77. The smallest absolute Gasteiger partial charge is 0.349 e. The summed E-state index contributed by atoms with van der Waals surface area (Å²) in [6.45, 7) is 2.38. The summed E-state index contributed by atoms with van der Waals surface area (Å²) in [6, 6.07) is 7.69. The van der Waals surface area contributed by atoms with Gasteiger partial charge in [-0.05, 0) is 48.7 Å². The number of hydrogen-bond donors (Lipinski definition) is 2. The Morgan fingerprint density at radius 2 is 1.90 bits per heavy atom. The molecule has 1 aliphatic heterocycles. The molecule has 11 heteroatoms. The van der Waals surface area contributed by atoms with E-state index in [0.29, 0.717) is 24.3 Å². The third-order valence-corrected chi connectivity index (χ3v) is 5.39. The average molecular weight is 458 g/mol. The van der Waals surface area contributed by atoms with E-state index in [-0.39, 0.29) is 27.4 Å². The summed E-state index contributed by atoms with van der Waals surface area (Å²) in [7, 11) is 0. The van der Waals surface area contributed by atoms with E-state index in [4.69, 9.17) is 33.2 Å². The van der Waals surface area contributed by atoms with Gasteiger partial charge in [-0.15, -0.1) is 5.10 Å². The standard InChI is InChI=1S/C20H13Cl2N5O4/c1-9-11-4-5-24-18(28)12(11)2-3-16(9)31-17-13(21)6-10(7-14(17)22)27-20(30)25-19(29)15(8-23)26-27/h2-3,6-7H,4-5H2,1H3,(H,24,28)(H,25,29,30). The molecule has 2 aromatic carbocycles. The lowest BCUT2D eigenvalue weighted by atomic mass is 9.95. The minimum Gasteiger partial charge on any atom is -0.454 e. The normalized spacial score (nSPS) is 12.6. The van der Waals surface area contributed by atoms with Gasteiger partial charge < -0.3 is 10.1 Å². The highest BCUT2D eigenvalue weighted by Gasteiger charge is 2.22. The van der Waals surface area contributed by atoms with Crippen molar-refractivity contribution in [2.75, 3.05) is 6.54 Å². The molecule has 0 saturated carbocycles. The molecule has 4 rings (SSSR count). The quantitative estimate of drug-likeness (QED) is 0.621. The number of nitrogens with one attached hydrogen (secondary N) is 2. The predicted molar refractivity (Wildman–Crippen MR) is 112 cm³/mol. The second kappa shape index (κ2) is 7.91. The number of nitrogens with zero attached hydrogens (tertiary/aromatic N) is 3. The van der Waals surface area contributed by atoms with Crippen molar-refractivity contribution in [3.8, 4) is 23.3 Å². The molecule has 0 unspecified atom stereocenters. The highest BCUT2D eigenvalue weighted by Crippen LogP contribution is 2.40. The molecule has 0 aliphatic carbocycles. The van der Waals surface area contributed by atoms with E-state index in [1.54, 1.807) is 18.2 Å². The summed E-state index contributed by atoms with van der Waals surface area (Å²) in [4.78, 5) is 37.7. The third-order valence-electron chi connectivity index (χ3n) is 4.83. The fraction of sp³-hybridized carbons (Fsp3) is 0.150. The van der Waals surface area contributed by atoms with Crippen LogP contribution in [0.2, 0.25) is 10.0 Å². The Kier molecular flexibility index (Phi) is 5.27. The summed E-state index contributed by atoms with van der Waals surface area (Å²) < 4.78 is 6.75. The van der Waals surface area contributed by atoms with Gasteiger partial charge in [0.05, 0.1) is 15.7 Å². The zero-order chi connectivity index (χ0) is 22.3. The monoisotopic (exact) mass is 457 g/mol. The van der Waals surface area contributed by atoms with E-state index in [1.165, 1.54) is 12.1 Å². The summed E-state index contributed by atoms with van der Waals surface area (Å²) in [5, 5.41) is 15.7. The van der Waals surface area contributed by atoms with E-state index in [2.05, 4.69) is 10.4 Å². The number of carbonyl (C=O) groups excluding carboxylic acids is 1. The van der Waals surface area contributed by atoms with Crippen LogP contribution in [0.5, 0.6) is 11.5 Å². The molecule has 156 valence electrons. The molecule has 0 saturated heterocycles. The van der Waals surface area contributed by atoms with Gasteiger partial charge in [0.15, 0.2) is 5.75 Å². The van der Waals surface area contributed by atoms with Crippen LogP contribution in [0.25, 0.3) is 5.69 Å². The molecule has 0 spiro atoms. The van der Waals surface area contributed by atoms with Gasteiger partial charge in [-0.25, -0.2) is 4.79 Å². The molecule has 1 amide bonds. The van der Waals surface area contributed by atoms with Gasteiger partial charge in [0.1, 0.15) is 11.8 Å². The topological polar surface area (TPSA) is 130 Å². The van der Waals surface area contributed by atoms with Gasteiger partial charge in [-0.2, -0.15) is 9.94 Å². The number of carbonyl (C=O) groups is 1. The summed E-state index contributed by atoms with van der Waals surface area (Å²) >= 11 is 12.7. The molecule has 0 bridgehead atoms. The minimum atomic E-state index is -0.891. The first kappa shape index (κ1) is 20.7. The van der Waals surface area contributed by atoms with Crippen LogP contribution in [0.4, 0.5) is 0 Å². The van der Waals surface area contributed by atoms with Crippen LogP contribution in [0.3, 0.4) is 0 Å². The maximum atomic E-state index is 12.1. The maximum Gasteiger partial charge on any atom is 0.349 e. The number of rotatable bonds is 3. The molecule has 0 radical (unpaired) electrons. The Balaban J connectivity index is 1.75. The number of H-pyrrole nitrogens is 1. The minimum absolute atomic E-state index is 0.0794. The predicted octanol–water partition coefficient (Wildman–Crippen LogP) is 2.49. The zero-order valence-corrected chi connectivity index (χ0v) is 17.5. The van der Waals surface area contributed by atoms with E-state index in [0.717, 1.165) is 15.8 Å². The Morgan fingerprint density at radius 1 is 1.19 bits per heavy atom. The van der Waals surface area contributed by atoms with Crippen molar-refractivity contribution in [2.24, 2.45) is 0 Å². The highest BCUT2D eigenvalue weighted by molar-refractivity contribution is 6.37. The summed E-state index contributed by atoms with van der Waals surface area (Å²) in [6.07, 6.45) is 0.673. The molecule has 0 fully saturated rings. The van der Waals surface area contributed by atoms with Crippen molar-refractivity contribution in [3.05, 3.63) is 77.5 Å². The number of nitriles is 1. The molecule has 3 aromatic rings. The maximum absolute atomic E-state index is 12.1. The van der Waals surface area contributed by atoms with Crippen molar-refractivity contribution in [1.29, 1.82) is 5.26 Å². The first-order chi connectivity index (χ1) is 14.8. The van der Waals surface area contributed by atoms with Crippen LogP contribution in [0, 0.1) is 18.3 Å². The number of halogens is 2. The molecule has 1 aromatic heterocycles. The molecule has 1 aliphatic rings. The fourth-order valence-corrected chi connectivity index (χ4v) is 3.85. The number of aromatic nitrogens is 3. The molecule has 0 atom stereocenters. The highest BCUT2D eigenvalue weighted by atomic mass is 35.5. The second-order valence-corrected chi connectivity index (χ2v) is 7.51. The van der Waals surface area contributed by atoms with Gasteiger partial charge in [0.2, 0.25) is 5.69 Å². The molecule has 9 nitrogen and oxygen atoms in total. The number of aromatic amines is 1. The van der Waals surface area contributed by atoms with E-state index in [9.17, 15) is 14.4 Å². The second-order valence-electron chi connectivity index (χ2n) is 6.69. The van der Waals surface area contributed by atoms with Crippen LogP contribution in [0.1, 0.15) is 27.2 Å². The van der Waals surface area contributed by atoms with Gasteiger partial charge in [0.25, 0.3) is 11.5 Å². The van der Waals surface area contributed by atoms with Gasteiger partial charge >= 0.3 is 5.69 Å². The van der Waals surface area contributed by atoms with Crippen LogP contribution in [-0.2, 0) is 6.42 Å². The number of fused-ring (bicyclic) bond motifs is 1. The lowest BCUT2D eigenvalue weighted by Gasteiger charge is -2.21. The number of ether oxygens (including phenoxy) is 1. The number of benzene rings is 2. The van der Waals surface area contributed by atoms with Crippen LogP contribution < -0.4 is 21.3 Å². The van der Waals surface area contributed by atoms with Gasteiger partial charge in [-0.1, -0.05) is 23.2 Å². The Labute approximate surface area is 184 Å². The van der Waals surface area contributed by atoms with Gasteiger partial charge in [-0.3, -0.25) is 14.6 Å². The zero-order valence-electron chi connectivity index (χ0n) is 16.0. The lowest BCUT2D eigenvalue weighted by molar-refractivity contribution is 0.0945. The van der Waals surface area contributed by atoms with Crippen molar-refractivity contribution in [1.82, 2.24) is 20.1 Å². The van der Waals surface area contributed by atoms with Crippen LogP contribution >= 0.6 is 23.2 Å².